The maximum Gasteiger partial charge on any atom is 0.258 e. The van der Waals surface area contributed by atoms with Gasteiger partial charge in [-0.1, -0.05) is 13.8 Å². The van der Waals surface area contributed by atoms with Crippen molar-refractivity contribution < 1.29 is 9.53 Å². The molecule has 2 unspecified atom stereocenters. The summed E-state index contributed by atoms with van der Waals surface area (Å²) < 4.78 is 5.61. The number of rotatable bonds is 7. The molecular weight excluding hydrogens is 266 g/mol. The molecule has 0 aliphatic rings. The summed E-state index contributed by atoms with van der Waals surface area (Å²) >= 11 is 0. The maximum atomic E-state index is 11.9. The van der Waals surface area contributed by atoms with Crippen LogP contribution in [0.15, 0.2) is 12.1 Å². The molecule has 0 saturated carbocycles. The highest BCUT2D eigenvalue weighted by atomic mass is 16.5. The lowest BCUT2D eigenvalue weighted by atomic mass is 10.1. The van der Waals surface area contributed by atoms with Crippen molar-refractivity contribution in [2.75, 3.05) is 6.61 Å². The van der Waals surface area contributed by atoms with Gasteiger partial charge in [0.1, 0.15) is 5.75 Å². The van der Waals surface area contributed by atoms with E-state index in [4.69, 9.17) is 10.5 Å². The number of ether oxygens (including phenoxy) is 1. The maximum absolute atomic E-state index is 11.9. The van der Waals surface area contributed by atoms with Crippen LogP contribution in [-0.2, 0) is 11.2 Å². The molecule has 0 aromatic carbocycles. The van der Waals surface area contributed by atoms with Gasteiger partial charge in [-0.15, -0.1) is 0 Å². The summed E-state index contributed by atoms with van der Waals surface area (Å²) in [6.45, 7) is 9.95. The Labute approximate surface area is 127 Å². The van der Waals surface area contributed by atoms with Gasteiger partial charge < -0.3 is 15.8 Å². The lowest BCUT2D eigenvalue weighted by molar-refractivity contribution is -0.124. The molecule has 1 amide bonds. The topological polar surface area (TPSA) is 77.2 Å². The van der Waals surface area contributed by atoms with Crippen LogP contribution in [0, 0.1) is 12.8 Å². The Hall–Kier alpha value is -1.62. The summed E-state index contributed by atoms with van der Waals surface area (Å²) in [6.07, 6.45) is 0.626. The summed E-state index contributed by atoms with van der Waals surface area (Å²) in [5.74, 6) is 0.900. The highest BCUT2D eigenvalue weighted by Gasteiger charge is 2.13. The van der Waals surface area contributed by atoms with E-state index in [1.54, 1.807) is 0 Å². The predicted molar refractivity (Wildman–Crippen MR) is 84.3 cm³/mol. The van der Waals surface area contributed by atoms with Gasteiger partial charge >= 0.3 is 0 Å². The molecule has 1 rings (SSSR count). The van der Waals surface area contributed by atoms with E-state index in [0.29, 0.717) is 18.1 Å². The second-order valence-electron chi connectivity index (χ2n) is 5.97. The molecule has 5 nitrogen and oxygen atoms in total. The van der Waals surface area contributed by atoms with Crippen molar-refractivity contribution in [3.05, 3.63) is 23.5 Å². The lowest BCUT2D eigenvalue weighted by Crippen LogP contribution is -2.39. The second-order valence-corrected chi connectivity index (χ2v) is 5.97. The zero-order valence-corrected chi connectivity index (χ0v) is 13.6. The summed E-state index contributed by atoms with van der Waals surface area (Å²) in [7, 11) is 0. The average Bonchev–Trinajstić information content (AvgIpc) is 2.36. The minimum Gasteiger partial charge on any atom is -0.482 e. The highest BCUT2D eigenvalue weighted by molar-refractivity contribution is 5.77. The van der Waals surface area contributed by atoms with Gasteiger partial charge in [0.15, 0.2) is 6.61 Å². The number of nitrogens with two attached hydrogens (primary N) is 1. The second kappa shape index (κ2) is 7.98. The van der Waals surface area contributed by atoms with Crippen molar-refractivity contribution in [3.63, 3.8) is 0 Å². The number of aryl methyl sites for hydroxylation is 1. The number of hydrogen-bond donors (Lipinski definition) is 2. The van der Waals surface area contributed by atoms with E-state index in [-0.39, 0.29) is 24.6 Å². The molecule has 1 aromatic heterocycles. The van der Waals surface area contributed by atoms with Crippen LogP contribution in [0.2, 0.25) is 0 Å². The molecule has 118 valence electrons. The Morgan fingerprint density at radius 3 is 2.57 bits per heavy atom. The molecule has 2 atom stereocenters. The van der Waals surface area contributed by atoms with Gasteiger partial charge in [-0.3, -0.25) is 9.78 Å². The Morgan fingerprint density at radius 2 is 2.00 bits per heavy atom. The van der Waals surface area contributed by atoms with Crippen molar-refractivity contribution >= 4 is 5.91 Å². The van der Waals surface area contributed by atoms with Crippen LogP contribution in [-0.4, -0.2) is 29.6 Å². The summed E-state index contributed by atoms with van der Waals surface area (Å²) in [6, 6.07) is 3.84. The molecule has 0 aliphatic carbocycles. The van der Waals surface area contributed by atoms with Crippen molar-refractivity contribution in [2.24, 2.45) is 11.7 Å². The van der Waals surface area contributed by atoms with Gasteiger partial charge in [0.05, 0.1) is 5.69 Å². The number of amides is 1. The van der Waals surface area contributed by atoms with E-state index in [2.05, 4.69) is 24.1 Å². The van der Waals surface area contributed by atoms with Gasteiger partial charge in [0.2, 0.25) is 0 Å². The molecule has 0 aliphatic heterocycles. The standard InChI is InChI=1S/C16H27N3O2/c1-10(2)13(5)19-16(20)9-21-15-7-6-12(4)18-14(15)8-11(3)17/h6-7,10-11,13H,8-9,17H2,1-5H3,(H,19,20). The van der Waals surface area contributed by atoms with Crippen LogP contribution in [0.5, 0.6) is 5.75 Å². The third kappa shape index (κ3) is 6.12. The SMILES string of the molecule is Cc1ccc(OCC(=O)NC(C)C(C)C)c(CC(C)N)n1. The van der Waals surface area contributed by atoms with Crippen LogP contribution in [0.25, 0.3) is 0 Å². The van der Waals surface area contributed by atoms with Crippen molar-refractivity contribution in [3.8, 4) is 5.75 Å². The molecule has 3 N–H and O–H groups in total. The molecule has 5 heteroatoms. The van der Waals surface area contributed by atoms with Crippen LogP contribution in [0.1, 0.15) is 39.1 Å². The normalized spacial score (nSPS) is 13.9. The van der Waals surface area contributed by atoms with Gasteiger partial charge in [-0.25, -0.2) is 0 Å². The first-order valence-corrected chi connectivity index (χ1v) is 7.43. The fourth-order valence-electron chi connectivity index (χ4n) is 1.79. The fraction of sp³-hybridized carbons (Fsp3) is 0.625. The van der Waals surface area contributed by atoms with Gasteiger partial charge in [0, 0.05) is 24.2 Å². The van der Waals surface area contributed by atoms with Crippen LogP contribution < -0.4 is 15.8 Å². The zero-order chi connectivity index (χ0) is 16.0. The van der Waals surface area contributed by atoms with E-state index >= 15 is 0 Å². The van der Waals surface area contributed by atoms with Crippen LogP contribution >= 0.6 is 0 Å². The first kappa shape index (κ1) is 17.4. The number of hydrogen-bond acceptors (Lipinski definition) is 4. The minimum absolute atomic E-state index is 0.00330. The van der Waals surface area contributed by atoms with Gasteiger partial charge in [-0.2, -0.15) is 0 Å². The predicted octanol–water partition coefficient (Wildman–Crippen LogP) is 1.82. The first-order valence-electron chi connectivity index (χ1n) is 7.43. The Bertz CT molecular complexity index is 473. The highest BCUT2D eigenvalue weighted by Crippen LogP contribution is 2.18. The number of nitrogens with zero attached hydrogens (tertiary/aromatic N) is 1. The van der Waals surface area contributed by atoms with Crippen molar-refractivity contribution in [2.45, 2.75) is 53.1 Å². The zero-order valence-electron chi connectivity index (χ0n) is 13.6. The van der Waals surface area contributed by atoms with Gasteiger partial charge in [0.25, 0.3) is 5.91 Å². The summed E-state index contributed by atoms with van der Waals surface area (Å²) in [4.78, 5) is 16.3. The molecule has 0 saturated heterocycles. The Kier molecular flexibility index (Phi) is 6.62. The Morgan fingerprint density at radius 1 is 1.33 bits per heavy atom. The van der Waals surface area contributed by atoms with Crippen molar-refractivity contribution in [1.82, 2.24) is 10.3 Å². The molecule has 0 spiro atoms. The van der Waals surface area contributed by atoms with E-state index < -0.39 is 0 Å². The summed E-state index contributed by atoms with van der Waals surface area (Å²) in [5, 5.41) is 2.91. The van der Waals surface area contributed by atoms with Crippen LogP contribution in [0.4, 0.5) is 0 Å². The van der Waals surface area contributed by atoms with E-state index in [0.717, 1.165) is 11.4 Å². The Balaban J connectivity index is 2.64. The smallest absolute Gasteiger partial charge is 0.258 e. The third-order valence-electron chi connectivity index (χ3n) is 3.33. The number of aromatic nitrogens is 1. The molecule has 1 heterocycles. The van der Waals surface area contributed by atoms with E-state index in [1.807, 2.05) is 32.9 Å². The molecule has 0 fully saturated rings. The van der Waals surface area contributed by atoms with E-state index in [9.17, 15) is 4.79 Å². The first-order chi connectivity index (χ1) is 9.79. The molecule has 21 heavy (non-hydrogen) atoms. The molecule has 0 radical (unpaired) electrons. The third-order valence-corrected chi connectivity index (χ3v) is 3.33. The number of carbonyl (C=O) groups excluding carboxylic acids is 1. The number of nitrogens with one attached hydrogen (secondary N) is 1. The fourth-order valence-corrected chi connectivity index (χ4v) is 1.79. The molecule has 0 bridgehead atoms. The quantitative estimate of drug-likeness (QED) is 0.804. The molecular formula is C16H27N3O2. The summed E-state index contributed by atoms with van der Waals surface area (Å²) in [5.41, 5.74) is 7.54. The van der Waals surface area contributed by atoms with Gasteiger partial charge in [-0.05, 0) is 38.8 Å². The van der Waals surface area contributed by atoms with E-state index in [1.165, 1.54) is 0 Å². The largest absolute Gasteiger partial charge is 0.482 e. The average molecular weight is 293 g/mol. The van der Waals surface area contributed by atoms with Crippen molar-refractivity contribution in [1.29, 1.82) is 0 Å². The number of pyridine rings is 1. The van der Waals surface area contributed by atoms with Crippen LogP contribution in [0.3, 0.4) is 0 Å². The molecule has 1 aromatic rings. The lowest BCUT2D eigenvalue weighted by Gasteiger charge is -2.18. The number of carbonyl (C=O) groups is 1. The minimum atomic E-state index is -0.122. The monoisotopic (exact) mass is 293 g/mol.